The van der Waals surface area contributed by atoms with Crippen LogP contribution in [0, 0.1) is 0 Å². The molecule has 1 nitrogen and oxygen atoms in total. The Balaban J connectivity index is 2.16. The molecular weight excluding hydrogens is 184 g/mol. The summed E-state index contributed by atoms with van der Waals surface area (Å²) in [7, 11) is 0. The summed E-state index contributed by atoms with van der Waals surface area (Å²) >= 11 is 0. The average Bonchev–Trinajstić information content (AvgIpc) is 2.30. The number of rotatable bonds is 7. The van der Waals surface area contributed by atoms with Gasteiger partial charge in [-0.1, -0.05) is 56.5 Å². The van der Waals surface area contributed by atoms with E-state index in [1.807, 2.05) is 6.07 Å². The molecule has 0 bridgehead atoms. The zero-order valence-electron chi connectivity index (χ0n) is 9.91. The first-order chi connectivity index (χ1) is 7.34. The summed E-state index contributed by atoms with van der Waals surface area (Å²) in [5.74, 6) is 0. The summed E-state index contributed by atoms with van der Waals surface area (Å²) in [5, 5.41) is 0. The second-order valence-corrected chi connectivity index (χ2v) is 3.98. The molecule has 1 aromatic rings. The van der Waals surface area contributed by atoms with Crippen molar-refractivity contribution in [2.24, 2.45) is 0 Å². The second kappa shape index (κ2) is 7.47. The molecular formula is C14H22O. The van der Waals surface area contributed by atoms with Crippen molar-refractivity contribution in [3.05, 3.63) is 35.9 Å². The van der Waals surface area contributed by atoms with Gasteiger partial charge in [0.25, 0.3) is 0 Å². The maximum Gasteiger partial charge on any atom is 0.0796 e. The molecule has 0 heterocycles. The van der Waals surface area contributed by atoms with Gasteiger partial charge < -0.3 is 4.74 Å². The number of ether oxygens (including phenoxy) is 1. The van der Waals surface area contributed by atoms with Gasteiger partial charge in [-0.2, -0.15) is 0 Å². The molecule has 0 aliphatic heterocycles. The quantitative estimate of drug-likeness (QED) is 0.603. The van der Waals surface area contributed by atoms with E-state index in [4.69, 9.17) is 4.74 Å². The number of benzene rings is 1. The Morgan fingerprint density at radius 3 is 2.47 bits per heavy atom. The lowest BCUT2D eigenvalue weighted by Gasteiger charge is -2.13. The zero-order chi connectivity index (χ0) is 10.9. The van der Waals surface area contributed by atoms with Gasteiger partial charge in [0, 0.05) is 6.61 Å². The van der Waals surface area contributed by atoms with E-state index < -0.39 is 0 Å². The first-order valence-corrected chi connectivity index (χ1v) is 6.01. The van der Waals surface area contributed by atoms with Crippen molar-refractivity contribution < 1.29 is 4.74 Å². The van der Waals surface area contributed by atoms with Gasteiger partial charge in [0.2, 0.25) is 0 Å². The molecule has 0 aliphatic rings. The predicted molar refractivity (Wildman–Crippen MR) is 65.0 cm³/mol. The maximum atomic E-state index is 5.77. The Hall–Kier alpha value is -0.820. The Bertz CT molecular complexity index is 243. The van der Waals surface area contributed by atoms with Crippen LogP contribution in [0.5, 0.6) is 0 Å². The van der Waals surface area contributed by atoms with Crippen molar-refractivity contribution in [2.45, 2.75) is 45.6 Å². The minimum atomic E-state index is 0.229. The topological polar surface area (TPSA) is 9.23 Å². The Labute approximate surface area is 93.5 Å². The number of unbranched alkanes of at least 4 members (excludes halogenated alkanes) is 3. The van der Waals surface area contributed by atoms with Crippen molar-refractivity contribution in [1.82, 2.24) is 0 Å². The third-order valence-corrected chi connectivity index (χ3v) is 2.63. The van der Waals surface area contributed by atoms with Gasteiger partial charge in [0.1, 0.15) is 0 Å². The summed E-state index contributed by atoms with van der Waals surface area (Å²) < 4.78 is 5.77. The molecule has 1 atom stereocenters. The highest BCUT2D eigenvalue weighted by Gasteiger charge is 2.03. The summed E-state index contributed by atoms with van der Waals surface area (Å²) in [6, 6.07) is 10.4. The van der Waals surface area contributed by atoms with Crippen LogP contribution in [0.2, 0.25) is 0 Å². The molecule has 84 valence electrons. The number of hydrogen-bond donors (Lipinski definition) is 0. The Morgan fingerprint density at radius 2 is 1.80 bits per heavy atom. The highest BCUT2D eigenvalue weighted by atomic mass is 16.5. The van der Waals surface area contributed by atoms with Crippen molar-refractivity contribution in [3.63, 3.8) is 0 Å². The third kappa shape index (κ3) is 4.98. The van der Waals surface area contributed by atoms with E-state index in [0.717, 1.165) is 6.61 Å². The molecule has 15 heavy (non-hydrogen) atoms. The fraction of sp³-hybridized carbons (Fsp3) is 0.571. The van der Waals surface area contributed by atoms with Crippen molar-refractivity contribution in [2.75, 3.05) is 6.61 Å². The van der Waals surface area contributed by atoms with E-state index in [-0.39, 0.29) is 6.10 Å². The molecule has 0 radical (unpaired) electrons. The van der Waals surface area contributed by atoms with E-state index in [9.17, 15) is 0 Å². The minimum Gasteiger partial charge on any atom is -0.374 e. The summed E-state index contributed by atoms with van der Waals surface area (Å²) in [5.41, 5.74) is 1.27. The molecule has 0 saturated heterocycles. The van der Waals surface area contributed by atoms with Gasteiger partial charge >= 0.3 is 0 Å². The van der Waals surface area contributed by atoms with Crippen LogP contribution in [-0.2, 0) is 4.74 Å². The van der Waals surface area contributed by atoms with Crippen LogP contribution < -0.4 is 0 Å². The maximum absolute atomic E-state index is 5.77. The second-order valence-electron chi connectivity index (χ2n) is 3.98. The van der Waals surface area contributed by atoms with Crippen LogP contribution in [0.3, 0.4) is 0 Å². The van der Waals surface area contributed by atoms with Gasteiger partial charge in [0.15, 0.2) is 0 Å². The van der Waals surface area contributed by atoms with Crippen LogP contribution in [-0.4, -0.2) is 6.61 Å². The highest BCUT2D eigenvalue weighted by Crippen LogP contribution is 2.16. The summed E-state index contributed by atoms with van der Waals surface area (Å²) in [4.78, 5) is 0. The molecule has 0 amide bonds. The van der Waals surface area contributed by atoms with Gasteiger partial charge in [-0.3, -0.25) is 0 Å². The van der Waals surface area contributed by atoms with Gasteiger partial charge in [-0.15, -0.1) is 0 Å². The van der Waals surface area contributed by atoms with E-state index >= 15 is 0 Å². The largest absolute Gasteiger partial charge is 0.374 e. The van der Waals surface area contributed by atoms with E-state index in [0.29, 0.717) is 0 Å². The van der Waals surface area contributed by atoms with Crippen molar-refractivity contribution >= 4 is 0 Å². The van der Waals surface area contributed by atoms with Crippen LogP contribution in [0.1, 0.15) is 51.2 Å². The molecule has 0 spiro atoms. The highest BCUT2D eigenvalue weighted by molar-refractivity contribution is 5.16. The SMILES string of the molecule is CCCCCCO[C@@H](C)c1ccccc1. The lowest BCUT2D eigenvalue weighted by molar-refractivity contribution is 0.0628. The molecule has 0 aliphatic carbocycles. The van der Waals surface area contributed by atoms with Gasteiger partial charge in [-0.25, -0.2) is 0 Å². The fourth-order valence-corrected chi connectivity index (χ4v) is 1.61. The first-order valence-electron chi connectivity index (χ1n) is 6.01. The molecule has 1 heteroatoms. The molecule has 0 aromatic heterocycles. The normalized spacial score (nSPS) is 12.7. The third-order valence-electron chi connectivity index (χ3n) is 2.63. The monoisotopic (exact) mass is 206 g/mol. The molecule has 0 unspecified atom stereocenters. The van der Waals surface area contributed by atoms with Gasteiger partial charge in [0.05, 0.1) is 6.10 Å². The lowest BCUT2D eigenvalue weighted by atomic mass is 10.1. The Morgan fingerprint density at radius 1 is 1.07 bits per heavy atom. The molecule has 1 rings (SSSR count). The van der Waals surface area contributed by atoms with Gasteiger partial charge in [-0.05, 0) is 18.9 Å². The predicted octanol–water partition coefficient (Wildman–Crippen LogP) is 4.34. The number of hydrogen-bond acceptors (Lipinski definition) is 1. The van der Waals surface area contributed by atoms with E-state index in [1.165, 1.54) is 31.2 Å². The van der Waals surface area contributed by atoms with Crippen LogP contribution in [0.15, 0.2) is 30.3 Å². The standard InChI is InChI=1S/C14H22O/c1-3-4-5-9-12-15-13(2)14-10-7-6-8-11-14/h6-8,10-11,13H,3-5,9,12H2,1-2H3/t13-/m0/s1. The first kappa shape index (κ1) is 12.3. The smallest absolute Gasteiger partial charge is 0.0796 e. The van der Waals surface area contributed by atoms with Crippen molar-refractivity contribution in [1.29, 1.82) is 0 Å². The molecule has 0 saturated carbocycles. The Kier molecular flexibility index (Phi) is 6.10. The van der Waals surface area contributed by atoms with E-state index in [2.05, 4.69) is 38.1 Å². The van der Waals surface area contributed by atoms with E-state index in [1.54, 1.807) is 0 Å². The van der Waals surface area contributed by atoms with Crippen LogP contribution in [0.25, 0.3) is 0 Å². The zero-order valence-corrected chi connectivity index (χ0v) is 9.91. The lowest BCUT2D eigenvalue weighted by Crippen LogP contribution is -2.01. The van der Waals surface area contributed by atoms with Crippen LogP contribution >= 0.6 is 0 Å². The minimum absolute atomic E-state index is 0.229. The fourth-order valence-electron chi connectivity index (χ4n) is 1.61. The summed E-state index contributed by atoms with van der Waals surface area (Å²) in [6.45, 7) is 5.23. The molecule has 0 fully saturated rings. The van der Waals surface area contributed by atoms with Crippen LogP contribution in [0.4, 0.5) is 0 Å². The molecule has 0 N–H and O–H groups in total. The van der Waals surface area contributed by atoms with Crippen molar-refractivity contribution in [3.8, 4) is 0 Å². The average molecular weight is 206 g/mol. The molecule has 1 aromatic carbocycles. The summed E-state index contributed by atoms with van der Waals surface area (Å²) in [6.07, 6.45) is 5.31.